The van der Waals surface area contributed by atoms with Gasteiger partial charge >= 0.3 is 0 Å². The minimum Gasteiger partial charge on any atom is -0.372 e. The van der Waals surface area contributed by atoms with Gasteiger partial charge in [0.15, 0.2) is 0 Å². The minimum absolute atomic E-state index is 0.296. The molecule has 0 fully saturated rings. The monoisotopic (exact) mass is 228 g/mol. The maximum Gasteiger partial charge on any atom is 0.146 e. The Kier molecular flexibility index (Phi) is 4.68. The van der Waals surface area contributed by atoms with Gasteiger partial charge in [-0.3, -0.25) is 0 Å². The summed E-state index contributed by atoms with van der Waals surface area (Å²) in [5, 5.41) is 0. The van der Waals surface area contributed by atoms with Crippen LogP contribution in [0.1, 0.15) is 13.3 Å². The molecule has 4 heteroatoms. The average molecular weight is 228 g/mol. The Balaban J connectivity index is 2.65. The molecule has 1 aromatic rings. The molecule has 1 aromatic carbocycles. The first-order chi connectivity index (χ1) is 7.54. The predicted octanol–water partition coefficient (Wildman–Crippen LogP) is 2.39. The third-order valence-corrected chi connectivity index (χ3v) is 2.68. The first kappa shape index (κ1) is 12.9. The zero-order valence-corrected chi connectivity index (χ0v) is 9.71. The maximum absolute atomic E-state index is 13.4. The van der Waals surface area contributed by atoms with E-state index in [0.29, 0.717) is 24.7 Å². The fourth-order valence-electron chi connectivity index (χ4n) is 1.43. The Morgan fingerprint density at radius 1 is 1.38 bits per heavy atom. The first-order valence-electron chi connectivity index (χ1n) is 5.41. The van der Waals surface area contributed by atoms with Gasteiger partial charge in [0.05, 0.1) is 5.69 Å². The molecule has 2 nitrogen and oxygen atoms in total. The quantitative estimate of drug-likeness (QED) is 0.838. The molecule has 0 amide bonds. The van der Waals surface area contributed by atoms with Gasteiger partial charge < -0.3 is 10.6 Å². The second-order valence-electron chi connectivity index (χ2n) is 4.15. The lowest BCUT2D eigenvalue weighted by atomic mass is 10.1. The average Bonchev–Trinajstić information content (AvgIpc) is 2.28. The van der Waals surface area contributed by atoms with Crippen LogP contribution in [0.2, 0.25) is 0 Å². The summed E-state index contributed by atoms with van der Waals surface area (Å²) in [6.07, 6.45) is 0.864. The second-order valence-corrected chi connectivity index (χ2v) is 4.15. The molecule has 0 saturated heterocycles. The van der Waals surface area contributed by atoms with E-state index in [4.69, 9.17) is 5.73 Å². The van der Waals surface area contributed by atoms with Gasteiger partial charge in [0.25, 0.3) is 0 Å². The van der Waals surface area contributed by atoms with E-state index in [1.807, 2.05) is 6.92 Å². The summed E-state index contributed by atoms with van der Waals surface area (Å²) in [4.78, 5) is 1.71. The normalized spacial score (nSPS) is 12.6. The van der Waals surface area contributed by atoms with Gasteiger partial charge in [-0.25, -0.2) is 8.78 Å². The Morgan fingerprint density at radius 3 is 2.69 bits per heavy atom. The summed E-state index contributed by atoms with van der Waals surface area (Å²) in [6, 6.07) is 3.48. The Labute approximate surface area is 95.1 Å². The number of nitrogens with two attached hydrogens (primary N) is 1. The number of nitrogens with zero attached hydrogens (tertiary/aromatic N) is 1. The molecule has 1 atom stereocenters. The highest BCUT2D eigenvalue weighted by molar-refractivity contribution is 5.47. The van der Waals surface area contributed by atoms with Crippen LogP contribution < -0.4 is 10.6 Å². The van der Waals surface area contributed by atoms with Gasteiger partial charge in [-0.1, -0.05) is 6.92 Å². The largest absolute Gasteiger partial charge is 0.372 e. The van der Waals surface area contributed by atoms with Crippen molar-refractivity contribution in [1.29, 1.82) is 0 Å². The van der Waals surface area contributed by atoms with E-state index in [-0.39, 0.29) is 0 Å². The van der Waals surface area contributed by atoms with E-state index < -0.39 is 11.6 Å². The van der Waals surface area contributed by atoms with Crippen molar-refractivity contribution < 1.29 is 8.78 Å². The lowest BCUT2D eigenvalue weighted by Gasteiger charge is -2.21. The Bertz CT molecular complexity index is 342. The molecule has 0 aliphatic heterocycles. The molecule has 1 rings (SSSR count). The van der Waals surface area contributed by atoms with Gasteiger partial charge in [0, 0.05) is 19.7 Å². The Morgan fingerprint density at radius 2 is 2.06 bits per heavy atom. The highest BCUT2D eigenvalue weighted by Gasteiger charge is 2.09. The summed E-state index contributed by atoms with van der Waals surface area (Å²) >= 11 is 0. The smallest absolute Gasteiger partial charge is 0.146 e. The van der Waals surface area contributed by atoms with E-state index in [1.54, 1.807) is 11.9 Å². The van der Waals surface area contributed by atoms with Crippen LogP contribution in [0.4, 0.5) is 14.5 Å². The van der Waals surface area contributed by atoms with Crippen LogP contribution in [0.3, 0.4) is 0 Å². The highest BCUT2D eigenvalue weighted by atomic mass is 19.1. The summed E-state index contributed by atoms with van der Waals surface area (Å²) in [6.45, 7) is 3.31. The minimum atomic E-state index is -0.421. The molecule has 0 aromatic heterocycles. The third-order valence-electron chi connectivity index (χ3n) is 2.68. The van der Waals surface area contributed by atoms with Crippen molar-refractivity contribution in [2.75, 3.05) is 25.0 Å². The van der Waals surface area contributed by atoms with Crippen molar-refractivity contribution in [1.82, 2.24) is 0 Å². The fourth-order valence-corrected chi connectivity index (χ4v) is 1.43. The topological polar surface area (TPSA) is 29.3 Å². The van der Waals surface area contributed by atoms with Crippen molar-refractivity contribution in [3.05, 3.63) is 29.8 Å². The Hall–Kier alpha value is -1.16. The van der Waals surface area contributed by atoms with Gasteiger partial charge in [-0.15, -0.1) is 0 Å². The fraction of sp³-hybridized carbons (Fsp3) is 0.500. The number of hydrogen-bond acceptors (Lipinski definition) is 2. The van der Waals surface area contributed by atoms with Crippen molar-refractivity contribution in [2.24, 2.45) is 11.7 Å². The standard InChI is InChI=1S/C12H18F2N2/c1-9(8-15)5-6-16(2)12-7-10(13)3-4-11(12)14/h3-4,7,9H,5-6,8,15H2,1-2H3. The molecule has 0 radical (unpaired) electrons. The van der Waals surface area contributed by atoms with Crippen LogP contribution in [-0.4, -0.2) is 20.1 Å². The van der Waals surface area contributed by atoms with Crippen LogP contribution in [-0.2, 0) is 0 Å². The predicted molar refractivity (Wildman–Crippen MR) is 62.5 cm³/mol. The zero-order valence-electron chi connectivity index (χ0n) is 9.71. The summed E-state index contributed by atoms with van der Waals surface area (Å²) in [7, 11) is 1.75. The van der Waals surface area contributed by atoms with Crippen LogP contribution in [0.5, 0.6) is 0 Å². The molecule has 90 valence electrons. The molecule has 0 aliphatic rings. The molecule has 0 saturated carbocycles. The second kappa shape index (κ2) is 5.80. The van der Waals surface area contributed by atoms with Crippen LogP contribution in [0.25, 0.3) is 0 Å². The van der Waals surface area contributed by atoms with Crippen molar-refractivity contribution in [3.63, 3.8) is 0 Å². The van der Waals surface area contributed by atoms with Crippen molar-refractivity contribution in [3.8, 4) is 0 Å². The van der Waals surface area contributed by atoms with Crippen molar-refractivity contribution in [2.45, 2.75) is 13.3 Å². The molecule has 0 aliphatic carbocycles. The maximum atomic E-state index is 13.4. The van der Waals surface area contributed by atoms with Gasteiger partial charge in [-0.05, 0) is 31.0 Å². The summed E-state index contributed by atoms with van der Waals surface area (Å²) < 4.78 is 26.4. The first-order valence-corrected chi connectivity index (χ1v) is 5.41. The molecule has 0 spiro atoms. The molecule has 1 unspecified atom stereocenters. The van der Waals surface area contributed by atoms with E-state index in [1.165, 1.54) is 6.07 Å². The lowest BCUT2D eigenvalue weighted by molar-refractivity contribution is 0.538. The van der Waals surface area contributed by atoms with Crippen LogP contribution in [0, 0.1) is 17.6 Å². The third kappa shape index (κ3) is 3.45. The van der Waals surface area contributed by atoms with E-state index in [9.17, 15) is 8.78 Å². The van der Waals surface area contributed by atoms with Gasteiger partial charge in [-0.2, -0.15) is 0 Å². The summed E-state index contributed by atoms with van der Waals surface area (Å²) in [5.74, 6) is -0.432. The molecule has 0 bridgehead atoms. The van der Waals surface area contributed by atoms with E-state index >= 15 is 0 Å². The summed E-state index contributed by atoms with van der Waals surface area (Å²) in [5.41, 5.74) is 5.79. The van der Waals surface area contributed by atoms with Crippen molar-refractivity contribution >= 4 is 5.69 Å². The number of rotatable bonds is 5. The van der Waals surface area contributed by atoms with Crippen LogP contribution >= 0.6 is 0 Å². The molecule has 2 N–H and O–H groups in total. The number of halogens is 2. The van der Waals surface area contributed by atoms with Gasteiger partial charge in [0.2, 0.25) is 0 Å². The van der Waals surface area contributed by atoms with E-state index in [0.717, 1.165) is 18.6 Å². The zero-order chi connectivity index (χ0) is 12.1. The van der Waals surface area contributed by atoms with Gasteiger partial charge in [0.1, 0.15) is 11.6 Å². The lowest BCUT2D eigenvalue weighted by Crippen LogP contribution is -2.23. The molecule has 0 heterocycles. The molecular weight excluding hydrogens is 210 g/mol. The molecular formula is C12H18F2N2. The number of hydrogen-bond donors (Lipinski definition) is 1. The van der Waals surface area contributed by atoms with Crippen LogP contribution in [0.15, 0.2) is 18.2 Å². The number of anilines is 1. The van der Waals surface area contributed by atoms with E-state index in [2.05, 4.69) is 0 Å². The number of benzene rings is 1. The molecule has 16 heavy (non-hydrogen) atoms. The SMILES string of the molecule is CC(CN)CCN(C)c1cc(F)ccc1F. The highest BCUT2D eigenvalue weighted by Crippen LogP contribution is 2.19.